The van der Waals surface area contributed by atoms with Crippen molar-refractivity contribution in [1.29, 1.82) is 0 Å². The van der Waals surface area contributed by atoms with E-state index < -0.39 is 0 Å². The maximum absolute atomic E-state index is 4.66. The lowest BCUT2D eigenvalue weighted by Crippen LogP contribution is -2.07. The van der Waals surface area contributed by atoms with Crippen molar-refractivity contribution in [3.8, 4) is 0 Å². The fourth-order valence-corrected chi connectivity index (χ4v) is 1.88. The Hall–Kier alpha value is -1.57. The Morgan fingerprint density at radius 1 is 1.24 bits per heavy atom. The number of nitrogens with one attached hydrogen (secondary N) is 1. The molecule has 0 fully saturated rings. The molecule has 1 aromatic heterocycles. The van der Waals surface area contributed by atoms with Gasteiger partial charge in [0.05, 0.1) is 5.52 Å². The molecule has 0 saturated heterocycles. The van der Waals surface area contributed by atoms with Gasteiger partial charge < -0.3 is 5.32 Å². The van der Waals surface area contributed by atoms with Crippen LogP contribution in [-0.2, 0) is 0 Å². The molecule has 0 aliphatic carbocycles. The van der Waals surface area contributed by atoms with E-state index in [0.29, 0.717) is 0 Å². The zero-order valence-corrected chi connectivity index (χ0v) is 10.8. The first-order valence-electron chi connectivity index (χ1n) is 6.27. The zero-order valence-electron chi connectivity index (χ0n) is 10.8. The molecule has 0 aliphatic rings. The number of anilines is 1. The third-order valence-corrected chi connectivity index (χ3v) is 2.93. The average molecular weight is 228 g/mol. The predicted octanol–water partition coefficient (Wildman–Crippen LogP) is 4.00. The molecule has 17 heavy (non-hydrogen) atoms. The Bertz CT molecular complexity index is 503. The maximum atomic E-state index is 4.66. The van der Waals surface area contributed by atoms with Crippen LogP contribution in [0.5, 0.6) is 0 Å². The molecule has 0 bridgehead atoms. The highest BCUT2D eigenvalue weighted by Gasteiger charge is 2.02. The number of pyridine rings is 1. The third kappa shape index (κ3) is 2.96. The highest BCUT2D eigenvalue weighted by atomic mass is 15.0. The Kier molecular flexibility index (Phi) is 3.62. The quantitative estimate of drug-likeness (QED) is 0.855. The minimum absolute atomic E-state index is 0.725. The van der Waals surface area contributed by atoms with Gasteiger partial charge in [-0.1, -0.05) is 32.0 Å². The molecule has 1 heterocycles. The number of benzene rings is 1. The van der Waals surface area contributed by atoms with E-state index in [1.807, 2.05) is 6.07 Å². The molecule has 2 nitrogen and oxygen atoms in total. The standard InChI is InChI=1S/C15H20N2/c1-11(2)8-9-16-15-12(3)10-13-6-4-5-7-14(13)17-15/h4-7,10-11H,8-9H2,1-3H3,(H,16,17). The SMILES string of the molecule is Cc1cc2ccccc2nc1NCCC(C)C. The van der Waals surface area contributed by atoms with E-state index in [2.05, 4.69) is 55.3 Å². The van der Waals surface area contributed by atoms with Crippen molar-refractivity contribution >= 4 is 16.7 Å². The molecule has 0 saturated carbocycles. The van der Waals surface area contributed by atoms with E-state index in [4.69, 9.17) is 0 Å². The molecule has 2 rings (SSSR count). The van der Waals surface area contributed by atoms with Crippen LogP contribution in [0, 0.1) is 12.8 Å². The van der Waals surface area contributed by atoms with Crippen LogP contribution in [0.25, 0.3) is 10.9 Å². The number of rotatable bonds is 4. The lowest BCUT2D eigenvalue weighted by Gasteiger charge is -2.11. The highest BCUT2D eigenvalue weighted by molar-refractivity contribution is 5.81. The molecule has 0 atom stereocenters. The minimum Gasteiger partial charge on any atom is -0.370 e. The Labute approximate surface area is 103 Å². The van der Waals surface area contributed by atoms with Crippen LogP contribution in [0.15, 0.2) is 30.3 Å². The first-order chi connectivity index (χ1) is 8.16. The van der Waals surface area contributed by atoms with Gasteiger partial charge in [-0.15, -0.1) is 0 Å². The van der Waals surface area contributed by atoms with Crippen molar-refractivity contribution in [3.05, 3.63) is 35.9 Å². The van der Waals surface area contributed by atoms with E-state index in [-0.39, 0.29) is 0 Å². The summed E-state index contributed by atoms with van der Waals surface area (Å²) in [4.78, 5) is 4.66. The summed E-state index contributed by atoms with van der Waals surface area (Å²) in [5.74, 6) is 1.74. The largest absolute Gasteiger partial charge is 0.370 e. The van der Waals surface area contributed by atoms with Gasteiger partial charge in [0, 0.05) is 11.9 Å². The first kappa shape index (κ1) is 11.9. The van der Waals surface area contributed by atoms with Gasteiger partial charge in [0.1, 0.15) is 5.82 Å². The van der Waals surface area contributed by atoms with Crippen LogP contribution in [0.4, 0.5) is 5.82 Å². The van der Waals surface area contributed by atoms with Gasteiger partial charge >= 0.3 is 0 Å². The van der Waals surface area contributed by atoms with Gasteiger partial charge in [-0.2, -0.15) is 0 Å². The van der Waals surface area contributed by atoms with E-state index >= 15 is 0 Å². The van der Waals surface area contributed by atoms with Gasteiger partial charge in [0.25, 0.3) is 0 Å². The summed E-state index contributed by atoms with van der Waals surface area (Å²) in [7, 11) is 0. The number of nitrogens with zero attached hydrogens (tertiary/aromatic N) is 1. The summed E-state index contributed by atoms with van der Waals surface area (Å²) < 4.78 is 0. The molecule has 0 unspecified atom stereocenters. The Balaban J connectivity index is 2.19. The second kappa shape index (κ2) is 5.17. The smallest absolute Gasteiger partial charge is 0.129 e. The molecule has 0 radical (unpaired) electrons. The second-order valence-electron chi connectivity index (χ2n) is 4.96. The Morgan fingerprint density at radius 3 is 2.76 bits per heavy atom. The van der Waals surface area contributed by atoms with Crippen molar-refractivity contribution in [2.75, 3.05) is 11.9 Å². The zero-order chi connectivity index (χ0) is 12.3. The summed E-state index contributed by atoms with van der Waals surface area (Å²) in [6, 6.07) is 10.4. The van der Waals surface area contributed by atoms with Gasteiger partial charge in [-0.05, 0) is 37.0 Å². The van der Waals surface area contributed by atoms with Crippen LogP contribution in [0.3, 0.4) is 0 Å². The number of hydrogen-bond acceptors (Lipinski definition) is 2. The topological polar surface area (TPSA) is 24.9 Å². The average Bonchev–Trinajstić information content (AvgIpc) is 2.29. The molecule has 1 aromatic carbocycles. The van der Waals surface area contributed by atoms with Gasteiger partial charge in [-0.3, -0.25) is 0 Å². The van der Waals surface area contributed by atoms with Gasteiger partial charge in [0.2, 0.25) is 0 Å². The molecular formula is C15H20N2. The summed E-state index contributed by atoms with van der Waals surface area (Å²) in [5.41, 5.74) is 2.28. The van der Waals surface area contributed by atoms with Crippen molar-refractivity contribution in [2.24, 2.45) is 5.92 Å². The van der Waals surface area contributed by atoms with Crippen LogP contribution in [0.1, 0.15) is 25.8 Å². The number of aryl methyl sites for hydroxylation is 1. The van der Waals surface area contributed by atoms with E-state index in [1.165, 1.54) is 17.4 Å². The summed E-state index contributed by atoms with van der Waals surface area (Å²) in [6.07, 6.45) is 1.17. The molecule has 90 valence electrons. The first-order valence-corrected chi connectivity index (χ1v) is 6.27. The number of hydrogen-bond donors (Lipinski definition) is 1. The number of para-hydroxylation sites is 1. The molecular weight excluding hydrogens is 208 g/mol. The fourth-order valence-electron chi connectivity index (χ4n) is 1.88. The maximum Gasteiger partial charge on any atom is 0.129 e. The van der Waals surface area contributed by atoms with Gasteiger partial charge in [-0.25, -0.2) is 4.98 Å². The van der Waals surface area contributed by atoms with Crippen molar-refractivity contribution in [1.82, 2.24) is 4.98 Å². The molecule has 2 aromatic rings. The van der Waals surface area contributed by atoms with Crippen LogP contribution >= 0.6 is 0 Å². The lowest BCUT2D eigenvalue weighted by atomic mass is 10.1. The summed E-state index contributed by atoms with van der Waals surface area (Å²) in [6.45, 7) is 7.58. The summed E-state index contributed by atoms with van der Waals surface area (Å²) in [5, 5.41) is 4.63. The van der Waals surface area contributed by atoms with Gasteiger partial charge in [0.15, 0.2) is 0 Å². The van der Waals surface area contributed by atoms with Crippen LogP contribution in [-0.4, -0.2) is 11.5 Å². The number of aromatic nitrogens is 1. The fraction of sp³-hybridized carbons (Fsp3) is 0.400. The summed E-state index contributed by atoms with van der Waals surface area (Å²) >= 11 is 0. The second-order valence-corrected chi connectivity index (χ2v) is 4.96. The van der Waals surface area contributed by atoms with Crippen LogP contribution < -0.4 is 5.32 Å². The van der Waals surface area contributed by atoms with E-state index in [1.54, 1.807) is 0 Å². The molecule has 0 aliphatic heterocycles. The van der Waals surface area contributed by atoms with Crippen molar-refractivity contribution in [3.63, 3.8) is 0 Å². The minimum atomic E-state index is 0.725. The third-order valence-electron chi connectivity index (χ3n) is 2.93. The predicted molar refractivity (Wildman–Crippen MR) is 74.4 cm³/mol. The number of fused-ring (bicyclic) bond motifs is 1. The van der Waals surface area contributed by atoms with Crippen molar-refractivity contribution in [2.45, 2.75) is 27.2 Å². The molecule has 0 spiro atoms. The Morgan fingerprint density at radius 2 is 2.00 bits per heavy atom. The molecule has 2 heteroatoms. The molecule has 1 N–H and O–H groups in total. The van der Waals surface area contributed by atoms with E-state index in [9.17, 15) is 0 Å². The van der Waals surface area contributed by atoms with Crippen molar-refractivity contribution < 1.29 is 0 Å². The highest BCUT2D eigenvalue weighted by Crippen LogP contribution is 2.19. The molecule has 0 amide bonds. The normalized spacial score (nSPS) is 11.1. The lowest BCUT2D eigenvalue weighted by molar-refractivity contribution is 0.606. The van der Waals surface area contributed by atoms with E-state index in [0.717, 1.165) is 23.8 Å². The monoisotopic (exact) mass is 228 g/mol. The van der Waals surface area contributed by atoms with Crippen LogP contribution in [0.2, 0.25) is 0 Å².